The summed E-state index contributed by atoms with van der Waals surface area (Å²) in [4.78, 5) is 0. The Balaban J connectivity index is 2.16. The number of hydrogen-bond acceptors (Lipinski definition) is 2. The summed E-state index contributed by atoms with van der Waals surface area (Å²) in [7, 11) is 1.68. The quantitative estimate of drug-likeness (QED) is 0.766. The molecule has 0 aromatic heterocycles. The molecule has 3 heteroatoms. The topological polar surface area (TPSA) is 18.5 Å². The maximum atomic E-state index is 6.56. The molecule has 1 aliphatic heterocycles. The van der Waals surface area contributed by atoms with E-state index >= 15 is 0 Å². The number of methoxy groups -OCH3 is 1. The van der Waals surface area contributed by atoms with Crippen molar-refractivity contribution in [1.29, 1.82) is 0 Å². The molecule has 0 spiro atoms. The first kappa shape index (κ1) is 12.7. The molecule has 1 heterocycles. The van der Waals surface area contributed by atoms with Crippen molar-refractivity contribution in [3.05, 3.63) is 29.3 Å². The van der Waals surface area contributed by atoms with E-state index in [1.165, 1.54) is 11.1 Å². The second kappa shape index (κ2) is 5.28. The fourth-order valence-corrected chi connectivity index (χ4v) is 2.81. The van der Waals surface area contributed by atoms with E-state index in [-0.39, 0.29) is 5.38 Å². The van der Waals surface area contributed by atoms with Crippen molar-refractivity contribution in [3.8, 4) is 5.75 Å². The van der Waals surface area contributed by atoms with Gasteiger partial charge in [0.15, 0.2) is 0 Å². The van der Waals surface area contributed by atoms with Crippen molar-refractivity contribution >= 4 is 11.6 Å². The van der Waals surface area contributed by atoms with Gasteiger partial charge < -0.3 is 9.47 Å². The Bertz CT molecular complexity index is 392. The molecule has 0 aliphatic carbocycles. The van der Waals surface area contributed by atoms with Crippen molar-refractivity contribution in [2.45, 2.75) is 31.7 Å². The van der Waals surface area contributed by atoms with Gasteiger partial charge in [-0.25, -0.2) is 0 Å². The van der Waals surface area contributed by atoms with E-state index in [0.717, 1.165) is 18.8 Å². The molecule has 94 valence electrons. The highest BCUT2D eigenvalue weighted by molar-refractivity contribution is 6.21. The Morgan fingerprint density at radius 2 is 2.24 bits per heavy atom. The highest BCUT2D eigenvalue weighted by Gasteiger charge is 2.30. The van der Waals surface area contributed by atoms with Crippen LogP contribution in [0.5, 0.6) is 5.75 Å². The van der Waals surface area contributed by atoms with E-state index in [2.05, 4.69) is 19.9 Å². The summed E-state index contributed by atoms with van der Waals surface area (Å²) in [6, 6.07) is 6.07. The monoisotopic (exact) mass is 254 g/mol. The van der Waals surface area contributed by atoms with Gasteiger partial charge in [-0.15, -0.1) is 11.6 Å². The molecule has 3 atom stereocenters. The van der Waals surface area contributed by atoms with Crippen LogP contribution in [0.1, 0.15) is 29.8 Å². The van der Waals surface area contributed by atoms with Gasteiger partial charge >= 0.3 is 0 Å². The first-order valence-corrected chi connectivity index (χ1v) is 6.45. The van der Waals surface area contributed by atoms with E-state index in [0.29, 0.717) is 12.0 Å². The van der Waals surface area contributed by atoms with Crippen LogP contribution in [0.4, 0.5) is 0 Å². The van der Waals surface area contributed by atoms with Crippen molar-refractivity contribution in [1.82, 2.24) is 0 Å². The van der Waals surface area contributed by atoms with Crippen LogP contribution >= 0.6 is 11.6 Å². The number of ether oxygens (including phenoxy) is 2. The normalized spacial score (nSPS) is 25.9. The predicted octanol–water partition coefficient (Wildman–Crippen LogP) is 3.71. The first-order valence-electron chi connectivity index (χ1n) is 6.02. The molecule has 0 saturated carbocycles. The second-order valence-electron chi connectivity index (χ2n) is 4.76. The largest absolute Gasteiger partial charge is 0.497 e. The van der Waals surface area contributed by atoms with Gasteiger partial charge in [0.25, 0.3) is 0 Å². The van der Waals surface area contributed by atoms with Crippen LogP contribution in [0, 0.1) is 12.8 Å². The number of rotatable bonds is 3. The fraction of sp³-hybridized carbons (Fsp3) is 0.571. The molecule has 2 rings (SSSR count). The third-order valence-corrected chi connectivity index (χ3v) is 4.01. The third kappa shape index (κ3) is 2.75. The average molecular weight is 255 g/mol. The van der Waals surface area contributed by atoms with Crippen LogP contribution in [0.3, 0.4) is 0 Å². The third-order valence-electron chi connectivity index (χ3n) is 3.42. The van der Waals surface area contributed by atoms with Gasteiger partial charge in [-0.2, -0.15) is 0 Å². The van der Waals surface area contributed by atoms with E-state index in [1.807, 2.05) is 12.1 Å². The first-order chi connectivity index (χ1) is 8.11. The number of benzene rings is 1. The minimum absolute atomic E-state index is 0.0332. The molecule has 1 aliphatic rings. The molecule has 0 bridgehead atoms. The summed E-state index contributed by atoms with van der Waals surface area (Å²) in [5.74, 6) is 1.30. The second-order valence-corrected chi connectivity index (χ2v) is 5.23. The number of halogens is 1. The summed E-state index contributed by atoms with van der Waals surface area (Å²) in [5.41, 5.74) is 2.37. The summed E-state index contributed by atoms with van der Waals surface area (Å²) < 4.78 is 10.8. The van der Waals surface area contributed by atoms with Crippen LogP contribution in [0.15, 0.2) is 18.2 Å². The summed E-state index contributed by atoms with van der Waals surface area (Å²) in [5, 5.41) is 0.0332. The maximum absolute atomic E-state index is 6.56. The van der Waals surface area contributed by atoms with Gasteiger partial charge in [-0.05, 0) is 43.5 Å². The molecule has 0 amide bonds. The summed E-state index contributed by atoms with van der Waals surface area (Å²) in [6.45, 7) is 4.94. The zero-order valence-electron chi connectivity index (χ0n) is 10.6. The van der Waals surface area contributed by atoms with Crippen molar-refractivity contribution in [2.75, 3.05) is 13.7 Å². The van der Waals surface area contributed by atoms with E-state index in [9.17, 15) is 0 Å². The summed E-state index contributed by atoms with van der Waals surface area (Å²) in [6.07, 6.45) is 1.37. The van der Waals surface area contributed by atoms with Crippen LogP contribution < -0.4 is 4.74 Å². The molecule has 1 fully saturated rings. The lowest BCUT2D eigenvalue weighted by Gasteiger charge is -2.18. The standard InChI is InChI=1S/C14H19ClO2/c1-9-6-12(16-3)4-5-13(9)14(15)11-7-10(2)17-8-11/h4-6,10-11,14H,7-8H2,1-3H3. The maximum Gasteiger partial charge on any atom is 0.119 e. The number of aryl methyl sites for hydroxylation is 1. The zero-order valence-corrected chi connectivity index (χ0v) is 11.3. The molecule has 0 radical (unpaired) electrons. The van der Waals surface area contributed by atoms with Crippen LogP contribution in [-0.2, 0) is 4.74 Å². The molecule has 1 aromatic carbocycles. The molecular formula is C14H19ClO2. The zero-order chi connectivity index (χ0) is 12.4. The van der Waals surface area contributed by atoms with E-state index in [1.54, 1.807) is 7.11 Å². The average Bonchev–Trinajstić information content (AvgIpc) is 2.75. The number of alkyl halides is 1. The Labute approximate surface area is 108 Å². The molecule has 17 heavy (non-hydrogen) atoms. The minimum atomic E-state index is 0.0332. The molecular weight excluding hydrogens is 236 g/mol. The van der Waals surface area contributed by atoms with E-state index < -0.39 is 0 Å². The Kier molecular flexibility index (Phi) is 3.95. The predicted molar refractivity (Wildman–Crippen MR) is 69.8 cm³/mol. The highest BCUT2D eigenvalue weighted by Crippen LogP contribution is 2.38. The van der Waals surface area contributed by atoms with Crippen LogP contribution in [-0.4, -0.2) is 19.8 Å². The fourth-order valence-electron chi connectivity index (χ4n) is 2.39. The van der Waals surface area contributed by atoms with Gasteiger partial charge in [-0.3, -0.25) is 0 Å². The van der Waals surface area contributed by atoms with Crippen LogP contribution in [0.2, 0.25) is 0 Å². The minimum Gasteiger partial charge on any atom is -0.497 e. The van der Waals surface area contributed by atoms with Gasteiger partial charge in [0.05, 0.1) is 25.2 Å². The molecule has 3 unspecified atom stereocenters. The lowest BCUT2D eigenvalue weighted by Crippen LogP contribution is -2.09. The molecule has 1 aromatic rings. The highest BCUT2D eigenvalue weighted by atomic mass is 35.5. The lowest BCUT2D eigenvalue weighted by molar-refractivity contribution is 0.120. The van der Waals surface area contributed by atoms with Crippen molar-refractivity contribution in [3.63, 3.8) is 0 Å². The Morgan fingerprint density at radius 1 is 1.47 bits per heavy atom. The van der Waals surface area contributed by atoms with Gasteiger partial charge in [0, 0.05) is 5.92 Å². The van der Waals surface area contributed by atoms with Gasteiger partial charge in [0.2, 0.25) is 0 Å². The lowest BCUT2D eigenvalue weighted by atomic mass is 9.93. The molecule has 2 nitrogen and oxygen atoms in total. The molecule has 0 N–H and O–H groups in total. The van der Waals surface area contributed by atoms with Gasteiger partial charge in [-0.1, -0.05) is 6.07 Å². The van der Waals surface area contributed by atoms with Crippen LogP contribution in [0.25, 0.3) is 0 Å². The van der Waals surface area contributed by atoms with Crippen molar-refractivity contribution in [2.24, 2.45) is 5.92 Å². The smallest absolute Gasteiger partial charge is 0.119 e. The Hall–Kier alpha value is -0.730. The molecule has 1 saturated heterocycles. The van der Waals surface area contributed by atoms with Crippen molar-refractivity contribution < 1.29 is 9.47 Å². The summed E-state index contributed by atoms with van der Waals surface area (Å²) >= 11 is 6.56. The number of hydrogen-bond donors (Lipinski definition) is 0. The SMILES string of the molecule is COc1ccc(C(Cl)C2COC(C)C2)c(C)c1. The Morgan fingerprint density at radius 3 is 2.76 bits per heavy atom. The van der Waals surface area contributed by atoms with E-state index in [4.69, 9.17) is 21.1 Å². The van der Waals surface area contributed by atoms with Gasteiger partial charge in [0.1, 0.15) is 5.75 Å².